The van der Waals surface area contributed by atoms with Crippen molar-refractivity contribution in [2.24, 2.45) is 0 Å². The molecule has 0 fully saturated rings. The number of rotatable bonds is 2. The van der Waals surface area contributed by atoms with E-state index in [0.29, 0.717) is 0 Å². The van der Waals surface area contributed by atoms with E-state index in [1.165, 1.54) is 5.56 Å². The first-order chi connectivity index (χ1) is 4.84. The molecule has 0 N–H and O–H groups in total. The van der Waals surface area contributed by atoms with Crippen LogP contribution in [0.1, 0.15) is 5.56 Å². The van der Waals surface area contributed by atoms with Crippen LogP contribution < -0.4 is 24.2 Å². The molecule has 1 rings (SSSR count). The Labute approximate surface area is 80.5 Å². The van der Waals surface area contributed by atoms with Gasteiger partial charge in [0.1, 0.15) is 0 Å². The van der Waals surface area contributed by atoms with E-state index < -0.39 is 0 Å². The van der Waals surface area contributed by atoms with Gasteiger partial charge in [0.15, 0.2) is 0 Å². The summed E-state index contributed by atoms with van der Waals surface area (Å²) in [5.74, 6) is 0. The molecular formula is C8H8LiOP. The van der Waals surface area contributed by atoms with E-state index in [9.17, 15) is 4.79 Å². The molecule has 52 valence electrons. The van der Waals surface area contributed by atoms with Crippen molar-refractivity contribution in [2.45, 2.75) is 6.92 Å². The summed E-state index contributed by atoms with van der Waals surface area (Å²) >= 11 is 0. The molecule has 0 aliphatic heterocycles. The summed E-state index contributed by atoms with van der Waals surface area (Å²) in [5, 5.41) is 1.09. The topological polar surface area (TPSA) is 17.1 Å². The van der Waals surface area contributed by atoms with E-state index in [4.69, 9.17) is 0 Å². The van der Waals surface area contributed by atoms with E-state index in [-0.39, 0.29) is 18.9 Å². The molecule has 0 unspecified atom stereocenters. The number of hydrogen-bond donors (Lipinski definition) is 0. The van der Waals surface area contributed by atoms with Gasteiger partial charge in [0.25, 0.3) is 0 Å². The summed E-state index contributed by atoms with van der Waals surface area (Å²) in [5.41, 5.74) is 1.18. The van der Waals surface area contributed by atoms with Crippen LogP contribution in [0.15, 0.2) is 24.3 Å². The Hall–Kier alpha value is -0.0826. The van der Waals surface area contributed by atoms with Crippen LogP contribution in [0.5, 0.6) is 0 Å². The van der Waals surface area contributed by atoms with Gasteiger partial charge < -0.3 is 13.4 Å². The van der Waals surface area contributed by atoms with Gasteiger partial charge in [-0.05, 0) is 13.0 Å². The van der Waals surface area contributed by atoms with Crippen molar-refractivity contribution in [1.82, 2.24) is 0 Å². The largest absolute Gasteiger partial charge is 1.00 e. The molecule has 0 atom stereocenters. The van der Waals surface area contributed by atoms with Gasteiger partial charge in [-0.3, -0.25) is 0 Å². The van der Waals surface area contributed by atoms with Crippen LogP contribution >= 0.6 is 8.58 Å². The van der Waals surface area contributed by atoms with Crippen LogP contribution in [0.25, 0.3) is 0 Å². The molecule has 0 bridgehead atoms. The SMILES string of the molecule is Cc1ccccc1[P-]C=O.[Li+]. The minimum atomic E-state index is 0. The van der Waals surface area contributed by atoms with Crippen molar-refractivity contribution in [3.05, 3.63) is 29.8 Å². The van der Waals surface area contributed by atoms with Crippen molar-refractivity contribution >= 4 is 19.9 Å². The van der Waals surface area contributed by atoms with Gasteiger partial charge in [0.2, 0.25) is 0 Å². The van der Waals surface area contributed by atoms with Gasteiger partial charge in [0, 0.05) is 0 Å². The minimum absolute atomic E-state index is 0. The molecule has 0 saturated carbocycles. The molecule has 0 aromatic heterocycles. The fraction of sp³-hybridized carbons (Fsp3) is 0.125. The number of aryl methyl sites for hydroxylation is 1. The third-order valence-corrected chi connectivity index (χ3v) is 2.19. The summed E-state index contributed by atoms with van der Waals surface area (Å²) in [6.07, 6.45) is 0. The Kier molecular flexibility index (Phi) is 5.51. The molecule has 0 radical (unpaired) electrons. The molecular weight excluding hydrogens is 150 g/mol. The summed E-state index contributed by atoms with van der Waals surface area (Å²) < 4.78 is 0. The molecule has 11 heavy (non-hydrogen) atoms. The average Bonchev–Trinajstić information content (AvgIpc) is 1.94. The standard InChI is InChI=1S/C8H8OP.Li/c1-7-4-2-3-5-8(7)10-6-9;/h2-6H,1H3;/q-1;+1. The maximum absolute atomic E-state index is 10.1. The van der Waals surface area contributed by atoms with Gasteiger partial charge >= 0.3 is 18.9 Å². The van der Waals surface area contributed by atoms with Crippen molar-refractivity contribution < 1.29 is 23.7 Å². The smallest absolute Gasteiger partial charge is 0.435 e. The van der Waals surface area contributed by atoms with Crippen molar-refractivity contribution in [3.63, 3.8) is 0 Å². The van der Waals surface area contributed by atoms with Crippen LogP contribution in [0.2, 0.25) is 0 Å². The maximum Gasteiger partial charge on any atom is 1.00 e. The van der Waals surface area contributed by atoms with Crippen LogP contribution in [-0.4, -0.2) is 6.03 Å². The third-order valence-electron chi connectivity index (χ3n) is 1.31. The van der Waals surface area contributed by atoms with Gasteiger partial charge in [0.05, 0.1) is 0 Å². The van der Waals surface area contributed by atoms with Crippen LogP contribution in [0.4, 0.5) is 0 Å². The zero-order chi connectivity index (χ0) is 7.40. The molecule has 0 aliphatic rings. The van der Waals surface area contributed by atoms with Crippen LogP contribution in [-0.2, 0) is 4.79 Å². The van der Waals surface area contributed by atoms with Gasteiger partial charge in [-0.2, -0.15) is 5.30 Å². The Morgan fingerprint density at radius 1 is 1.36 bits per heavy atom. The van der Waals surface area contributed by atoms with Crippen LogP contribution in [0.3, 0.4) is 0 Å². The van der Waals surface area contributed by atoms with Crippen molar-refractivity contribution in [1.29, 1.82) is 0 Å². The first-order valence-corrected chi connectivity index (χ1v) is 4.01. The van der Waals surface area contributed by atoms with E-state index in [1.807, 2.05) is 31.2 Å². The zero-order valence-electron chi connectivity index (χ0n) is 6.74. The molecule has 3 heteroatoms. The molecule has 0 aliphatic carbocycles. The Bertz CT molecular complexity index is 237. The molecule has 0 heterocycles. The van der Waals surface area contributed by atoms with Gasteiger partial charge in [-0.15, -0.1) is 0 Å². The fourth-order valence-corrected chi connectivity index (χ4v) is 1.33. The number of benzene rings is 1. The molecule has 1 aromatic rings. The summed E-state index contributed by atoms with van der Waals surface area (Å²) in [7, 11) is 0.763. The normalized spacial score (nSPS) is 9.55. The quantitative estimate of drug-likeness (QED) is 0.299. The average molecular weight is 158 g/mol. The van der Waals surface area contributed by atoms with Crippen molar-refractivity contribution in [3.8, 4) is 0 Å². The number of carbonyl (C=O) groups is 1. The molecule has 0 saturated heterocycles. The van der Waals surface area contributed by atoms with Crippen molar-refractivity contribution in [2.75, 3.05) is 0 Å². The first-order valence-electron chi connectivity index (χ1n) is 3.04. The Morgan fingerprint density at radius 3 is 2.55 bits per heavy atom. The molecule has 0 amide bonds. The van der Waals surface area contributed by atoms with E-state index in [2.05, 4.69) is 0 Å². The second-order valence-electron chi connectivity index (χ2n) is 2.02. The minimum Gasteiger partial charge on any atom is -0.435 e. The molecule has 1 nitrogen and oxygen atoms in total. The summed E-state index contributed by atoms with van der Waals surface area (Å²) in [6.45, 7) is 2.01. The van der Waals surface area contributed by atoms with E-state index >= 15 is 0 Å². The monoisotopic (exact) mass is 158 g/mol. The second-order valence-corrected chi connectivity index (χ2v) is 2.97. The van der Waals surface area contributed by atoms with Gasteiger partial charge in [-0.25, -0.2) is 0 Å². The predicted molar refractivity (Wildman–Crippen MR) is 44.5 cm³/mol. The summed E-state index contributed by atoms with van der Waals surface area (Å²) in [6, 6.07) is 8.79. The predicted octanol–water partition coefficient (Wildman–Crippen LogP) is -1.24. The molecule has 1 aromatic carbocycles. The molecule has 0 spiro atoms. The third kappa shape index (κ3) is 3.21. The second kappa shape index (κ2) is 5.55. The maximum atomic E-state index is 10.1. The first kappa shape index (κ1) is 10.9. The van der Waals surface area contributed by atoms with Crippen LogP contribution in [0, 0.1) is 6.92 Å². The Morgan fingerprint density at radius 2 is 2.00 bits per heavy atom. The number of carbonyl (C=O) groups excluding carboxylic acids is 1. The van der Waals surface area contributed by atoms with Gasteiger partial charge in [-0.1, -0.05) is 29.8 Å². The Balaban J connectivity index is 0.000001000. The fourth-order valence-electron chi connectivity index (χ4n) is 0.765. The van der Waals surface area contributed by atoms with E-state index in [1.54, 1.807) is 0 Å². The number of hydrogen-bond acceptors (Lipinski definition) is 1. The van der Waals surface area contributed by atoms with E-state index in [0.717, 1.165) is 19.9 Å². The summed E-state index contributed by atoms with van der Waals surface area (Å²) in [4.78, 5) is 10.1. The zero-order valence-corrected chi connectivity index (χ0v) is 7.64.